The van der Waals surface area contributed by atoms with Gasteiger partial charge in [-0.3, -0.25) is 9.82 Å². The molecule has 0 aliphatic carbocycles. The summed E-state index contributed by atoms with van der Waals surface area (Å²) in [5.41, 5.74) is 1.51. The van der Waals surface area contributed by atoms with Gasteiger partial charge in [-0.2, -0.15) is 13.5 Å². The molecule has 0 saturated carbocycles. The number of hydrogen-bond donors (Lipinski definition) is 3. The average molecular weight is 295 g/mol. The van der Waals surface area contributed by atoms with E-state index >= 15 is 0 Å². The lowest BCUT2D eigenvalue weighted by molar-refractivity contribution is 0.0692. The van der Waals surface area contributed by atoms with Crippen LogP contribution < -0.4 is 4.72 Å². The van der Waals surface area contributed by atoms with Gasteiger partial charge in [0.2, 0.25) is 0 Å². The zero-order valence-corrected chi connectivity index (χ0v) is 11.7. The molecule has 106 valence electrons. The summed E-state index contributed by atoms with van der Waals surface area (Å²) in [5, 5.41) is 14.2. The van der Waals surface area contributed by atoms with Gasteiger partial charge in [-0.25, -0.2) is 4.79 Å². The Labute approximate surface area is 115 Å². The Morgan fingerprint density at radius 3 is 2.45 bits per heavy atom. The molecule has 8 heteroatoms. The van der Waals surface area contributed by atoms with Gasteiger partial charge in [-0.1, -0.05) is 18.2 Å². The van der Waals surface area contributed by atoms with E-state index in [2.05, 4.69) is 14.9 Å². The summed E-state index contributed by atoms with van der Waals surface area (Å²) in [5.74, 6) is -1.36. The summed E-state index contributed by atoms with van der Waals surface area (Å²) < 4.78 is 26.9. The molecule has 2 rings (SSSR count). The van der Waals surface area contributed by atoms with Crippen LogP contribution >= 0.6 is 0 Å². The van der Waals surface area contributed by atoms with Gasteiger partial charge in [0.1, 0.15) is 5.56 Å². The van der Waals surface area contributed by atoms with Crippen molar-refractivity contribution in [2.24, 2.45) is 0 Å². The number of aromatic carboxylic acids is 1. The third kappa shape index (κ3) is 2.50. The number of nitrogens with one attached hydrogen (secondary N) is 2. The number of H-pyrrole nitrogens is 1. The molecule has 2 aromatic rings. The Morgan fingerprint density at radius 1 is 1.30 bits per heavy atom. The number of para-hydroxylation sites is 1. The first-order chi connectivity index (χ1) is 9.33. The maximum absolute atomic E-state index is 12.2. The van der Waals surface area contributed by atoms with Crippen LogP contribution in [0.25, 0.3) is 0 Å². The van der Waals surface area contributed by atoms with Crippen molar-refractivity contribution in [2.45, 2.75) is 18.9 Å². The summed E-state index contributed by atoms with van der Waals surface area (Å²) in [4.78, 5) is 11.0. The Balaban J connectivity index is 2.47. The zero-order chi connectivity index (χ0) is 14.9. The quantitative estimate of drug-likeness (QED) is 0.791. The lowest BCUT2D eigenvalue weighted by Gasteiger charge is -2.12. The summed E-state index contributed by atoms with van der Waals surface area (Å²) in [6.07, 6.45) is 0.960. The highest BCUT2D eigenvalue weighted by molar-refractivity contribution is 7.92. The Bertz CT molecular complexity index is 745. The van der Waals surface area contributed by atoms with Crippen LogP contribution in [0.4, 0.5) is 5.69 Å². The van der Waals surface area contributed by atoms with E-state index in [9.17, 15) is 13.2 Å². The van der Waals surface area contributed by atoms with Gasteiger partial charge in [0.25, 0.3) is 10.0 Å². The average Bonchev–Trinajstić information content (AvgIpc) is 2.84. The molecule has 0 bridgehead atoms. The van der Waals surface area contributed by atoms with Crippen LogP contribution in [0.1, 0.15) is 21.5 Å². The van der Waals surface area contributed by atoms with Crippen LogP contribution in [0.15, 0.2) is 29.4 Å². The van der Waals surface area contributed by atoms with Gasteiger partial charge < -0.3 is 5.11 Å². The minimum Gasteiger partial charge on any atom is -0.478 e. The fourth-order valence-corrected chi connectivity index (χ4v) is 3.09. The van der Waals surface area contributed by atoms with Crippen LogP contribution in [-0.2, 0) is 10.0 Å². The summed E-state index contributed by atoms with van der Waals surface area (Å²) in [7, 11) is -4.04. The number of rotatable bonds is 4. The molecule has 3 N–H and O–H groups in total. The number of carboxylic acids is 1. The van der Waals surface area contributed by atoms with Gasteiger partial charge in [-0.15, -0.1) is 0 Å². The number of aromatic amines is 1. The molecule has 1 aromatic carbocycles. The molecule has 0 amide bonds. The molecule has 0 saturated heterocycles. The second-order valence-electron chi connectivity index (χ2n) is 4.29. The van der Waals surface area contributed by atoms with Crippen molar-refractivity contribution in [3.05, 3.63) is 41.1 Å². The molecule has 0 spiro atoms. The molecule has 0 atom stereocenters. The van der Waals surface area contributed by atoms with Crippen molar-refractivity contribution in [1.82, 2.24) is 10.2 Å². The zero-order valence-electron chi connectivity index (χ0n) is 10.8. The monoisotopic (exact) mass is 295 g/mol. The number of carboxylic acid groups (broad SMARTS) is 1. The van der Waals surface area contributed by atoms with Crippen LogP contribution in [0.5, 0.6) is 0 Å². The van der Waals surface area contributed by atoms with E-state index in [0.717, 1.165) is 17.3 Å². The molecule has 0 radical (unpaired) electrons. The summed E-state index contributed by atoms with van der Waals surface area (Å²) >= 11 is 0. The third-order valence-corrected chi connectivity index (χ3v) is 4.14. The van der Waals surface area contributed by atoms with E-state index in [-0.39, 0.29) is 0 Å². The Hall–Kier alpha value is -2.35. The van der Waals surface area contributed by atoms with Crippen molar-refractivity contribution >= 4 is 21.7 Å². The minimum absolute atomic E-state index is 0.399. The number of sulfonamides is 1. The molecule has 20 heavy (non-hydrogen) atoms. The summed E-state index contributed by atoms with van der Waals surface area (Å²) in [6.45, 7) is 3.52. The Morgan fingerprint density at radius 2 is 1.90 bits per heavy atom. The normalized spacial score (nSPS) is 11.3. The molecule has 0 aliphatic rings. The van der Waals surface area contributed by atoms with E-state index in [1.807, 2.05) is 0 Å². The maximum atomic E-state index is 12.2. The van der Waals surface area contributed by atoms with Crippen molar-refractivity contribution < 1.29 is 18.3 Å². The standard InChI is InChI=1S/C12H13N3O4S/c1-7-4-3-5-8(2)10(7)15-20(18,19)11-9(12(16)17)6-13-14-11/h3-6,15H,1-2H3,(H,13,14)(H,16,17). The van der Waals surface area contributed by atoms with Crippen LogP contribution in [0.2, 0.25) is 0 Å². The lowest BCUT2D eigenvalue weighted by atomic mass is 10.1. The van der Waals surface area contributed by atoms with Crippen molar-refractivity contribution in [1.29, 1.82) is 0 Å². The number of aryl methyl sites for hydroxylation is 2. The molecular formula is C12H13N3O4S. The Kier molecular flexibility index (Phi) is 3.49. The molecule has 1 heterocycles. The maximum Gasteiger partial charge on any atom is 0.340 e. The van der Waals surface area contributed by atoms with Crippen molar-refractivity contribution in [3.8, 4) is 0 Å². The SMILES string of the molecule is Cc1cccc(C)c1NS(=O)(=O)c1[nH]ncc1C(=O)O. The fraction of sp³-hybridized carbons (Fsp3) is 0.167. The van der Waals surface area contributed by atoms with Crippen molar-refractivity contribution in [2.75, 3.05) is 4.72 Å². The highest BCUT2D eigenvalue weighted by Gasteiger charge is 2.25. The number of benzene rings is 1. The third-order valence-electron chi connectivity index (χ3n) is 2.82. The minimum atomic E-state index is -4.04. The predicted octanol–water partition coefficient (Wildman–Crippen LogP) is 1.53. The molecular weight excluding hydrogens is 282 g/mol. The number of aromatic nitrogens is 2. The lowest BCUT2D eigenvalue weighted by Crippen LogP contribution is -2.18. The second-order valence-corrected chi connectivity index (χ2v) is 5.91. The number of anilines is 1. The van der Waals surface area contributed by atoms with E-state index < -0.39 is 26.6 Å². The largest absolute Gasteiger partial charge is 0.478 e. The van der Waals surface area contributed by atoms with Gasteiger partial charge in [0, 0.05) is 0 Å². The van der Waals surface area contributed by atoms with Crippen molar-refractivity contribution in [3.63, 3.8) is 0 Å². The fourth-order valence-electron chi connectivity index (χ4n) is 1.79. The highest BCUT2D eigenvalue weighted by atomic mass is 32.2. The van der Waals surface area contributed by atoms with Gasteiger partial charge >= 0.3 is 5.97 Å². The second kappa shape index (κ2) is 4.97. The van der Waals surface area contributed by atoms with E-state index in [4.69, 9.17) is 5.11 Å². The van der Waals surface area contributed by atoms with Gasteiger partial charge in [0.05, 0.1) is 11.9 Å². The first kappa shape index (κ1) is 14.1. The smallest absolute Gasteiger partial charge is 0.340 e. The van der Waals surface area contributed by atoms with Crippen LogP contribution in [-0.4, -0.2) is 29.7 Å². The topological polar surface area (TPSA) is 112 Å². The molecule has 1 aromatic heterocycles. The summed E-state index contributed by atoms with van der Waals surface area (Å²) in [6, 6.07) is 5.33. The first-order valence-corrected chi connectivity index (χ1v) is 7.17. The predicted molar refractivity (Wildman–Crippen MR) is 72.3 cm³/mol. The van der Waals surface area contributed by atoms with Crippen LogP contribution in [0, 0.1) is 13.8 Å². The molecule has 0 aliphatic heterocycles. The number of hydrogen-bond acceptors (Lipinski definition) is 4. The van der Waals surface area contributed by atoms with Gasteiger partial charge in [-0.05, 0) is 25.0 Å². The van der Waals surface area contributed by atoms with Crippen LogP contribution in [0.3, 0.4) is 0 Å². The van der Waals surface area contributed by atoms with Gasteiger partial charge in [0.15, 0.2) is 5.03 Å². The van der Waals surface area contributed by atoms with E-state index in [1.165, 1.54) is 0 Å². The molecule has 0 unspecified atom stereocenters. The first-order valence-electron chi connectivity index (χ1n) is 5.68. The highest BCUT2D eigenvalue weighted by Crippen LogP contribution is 2.23. The number of carbonyl (C=O) groups is 1. The molecule has 7 nitrogen and oxygen atoms in total. The number of nitrogens with zero attached hydrogens (tertiary/aromatic N) is 1. The van der Waals surface area contributed by atoms with E-state index in [1.54, 1.807) is 32.0 Å². The van der Waals surface area contributed by atoms with E-state index in [0.29, 0.717) is 5.69 Å². The molecule has 0 fully saturated rings.